The van der Waals surface area contributed by atoms with Crippen molar-refractivity contribution >= 4 is 27.7 Å². The van der Waals surface area contributed by atoms with Gasteiger partial charge in [-0.25, -0.2) is 9.97 Å². The van der Waals surface area contributed by atoms with Crippen molar-refractivity contribution in [2.45, 2.75) is 4.90 Å². The summed E-state index contributed by atoms with van der Waals surface area (Å²) in [5.74, 6) is 1.29. The quantitative estimate of drug-likeness (QED) is 0.638. The van der Waals surface area contributed by atoms with Crippen LogP contribution in [-0.4, -0.2) is 16.2 Å². The van der Waals surface area contributed by atoms with Crippen molar-refractivity contribution in [3.8, 4) is 11.6 Å². The molecule has 0 aliphatic rings. The molecule has 0 saturated heterocycles. The van der Waals surface area contributed by atoms with Gasteiger partial charge in [-0.2, -0.15) is 0 Å². The molecule has 1 heterocycles. The van der Waals surface area contributed by atoms with E-state index in [4.69, 9.17) is 4.74 Å². The van der Waals surface area contributed by atoms with Crippen molar-refractivity contribution < 1.29 is 4.74 Å². The van der Waals surface area contributed by atoms with Crippen LogP contribution >= 0.6 is 27.7 Å². The largest absolute Gasteiger partial charge is 0.439 e. The Morgan fingerprint density at radius 2 is 1.94 bits per heavy atom. The molecule has 1 aromatic heterocycles. The van der Waals surface area contributed by atoms with Crippen molar-refractivity contribution in [1.82, 2.24) is 9.97 Å². The lowest BCUT2D eigenvalue weighted by molar-refractivity contribution is 0.460. The Hall–Kier alpha value is -1.07. The highest BCUT2D eigenvalue weighted by atomic mass is 79.9. The van der Waals surface area contributed by atoms with E-state index in [1.807, 2.05) is 30.5 Å². The minimum atomic E-state index is 0.527. The predicted molar refractivity (Wildman–Crippen MR) is 68.0 cm³/mol. The second-order valence-electron chi connectivity index (χ2n) is 2.96. The molecular formula is C11H9BrN2OS. The summed E-state index contributed by atoms with van der Waals surface area (Å²) in [6.07, 6.45) is 3.49. The molecule has 5 heteroatoms. The molecule has 0 bridgehead atoms. The van der Waals surface area contributed by atoms with E-state index < -0.39 is 0 Å². The Morgan fingerprint density at radius 1 is 1.19 bits per heavy atom. The summed E-state index contributed by atoms with van der Waals surface area (Å²) in [6, 6.07) is 9.58. The maximum absolute atomic E-state index is 5.57. The lowest BCUT2D eigenvalue weighted by atomic mass is 10.3. The minimum absolute atomic E-state index is 0.527. The van der Waals surface area contributed by atoms with Crippen LogP contribution in [0.1, 0.15) is 0 Å². The predicted octanol–water partition coefficient (Wildman–Crippen LogP) is 3.75. The van der Waals surface area contributed by atoms with Gasteiger partial charge in [0.1, 0.15) is 16.7 Å². The fraction of sp³-hybridized carbons (Fsp3) is 0.0909. The van der Waals surface area contributed by atoms with E-state index in [-0.39, 0.29) is 0 Å². The van der Waals surface area contributed by atoms with Crippen LogP contribution in [-0.2, 0) is 0 Å². The number of aromatic nitrogens is 2. The Morgan fingerprint density at radius 3 is 2.56 bits per heavy atom. The minimum Gasteiger partial charge on any atom is -0.439 e. The summed E-state index contributed by atoms with van der Waals surface area (Å²) in [6.45, 7) is 0. The van der Waals surface area contributed by atoms with E-state index in [0.717, 1.165) is 5.75 Å². The van der Waals surface area contributed by atoms with Gasteiger partial charge >= 0.3 is 0 Å². The lowest BCUT2D eigenvalue weighted by Gasteiger charge is -2.04. The van der Waals surface area contributed by atoms with Crippen LogP contribution in [0.2, 0.25) is 0 Å². The van der Waals surface area contributed by atoms with Gasteiger partial charge < -0.3 is 4.74 Å². The Balaban J connectivity index is 2.14. The molecule has 0 aliphatic carbocycles. The fourth-order valence-electron chi connectivity index (χ4n) is 1.14. The monoisotopic (exact) mass is 296 g/mol. The van der Waals surface area contributed by atoms with E-state index in [2.05, 4.69) is 25.9 Å². The smallest absolute Gasteiger partial charge is 0.223 e. The van der Waals surface area contributed by atoms with E-state index in [0.29, 0.717) is 10.5 Å². The lowest BCUT2D eigenvalue weighted by Crippen LogP contribution is -1.88. The molecule has 0 N–H and O–H groups in total. The van der Waals surface area contributed by atoms with Crippen LogP contribution in [0.15, 0.2) is 46.2 Å². The molecule has 0 fully saturated rings. The molecule has 3 nitrogen and oxygen atoms in total. The maximum Gasteiger partial charge on any atom is 0.223 e. The number of benzene rings is 1. The van der Waals surface area contributed by atoms with Crippen molar-refractivity contribution in [3.63, 3.8) is 0 Å². The van der Waals surface area contributed by atoms with E-state index >= 15 is 0 Å². The van der Waals surface area contributed by atoms with Crippen LogP contribution in [0.5, 0.6) is 11.6 Å². The zero-order chi connectivity index (χ0) is 11.4. The van der Waals surface area contributed by atoms with Gasteiger partial charge in [0, 0.05) is 11.0 Å². The average molecular weight is 297 g/mol. The van der Waals surface area contributed by atoms with E-state index in [1.54, 1.807) is 17.8 Å². The van der Waals surface area contributed by atoms with Gasteiger partial charge in [0.15, 0.2) is 0 Å². The first-order chi connectivity index (χ1) is 7.78. The second kappa shape index (κ2) is 5.32. The Bertz CT molecular complexity index is 476. The van der Waals surface area contributed by atoms with Gasteiger partial charge in [-0.1, -0.05) is 0 Å². The third-order valence-corrected chi connectivity index (χ3v) is 3.07. The molecular weight excluding hydrogens is 288 g/mol. The zero-order valence-corrected chi connectivity index (χ0v) is 11.0. The van der Waals surface area contributed by atoms with Gasteiger partial charge in [-0.15, -0.1) is 11.8 Å². The van der Waals surface area contributed by atoms with E-state index in [9.17, 15) is 0 Å². The number of halogens is 1. The fourth-order valence-corrected chi connectivity index (χ4v) is 1.83. The molecule has 82 valence electrons. The normalized spacial score (nSPS) is 10.1. The molecule has 0 atom stereocenters. The van der Waals surface area contributed by atoms with Crippen LogP contribution in [0.3, 0.4) is 0 Å². The highest BCUT2D eigenvalue weighted by Gasteiger charge is 1.99. The molecule has 0 saturated carbocycles. The third kappa shape index (κ3) is 2.96. The number of hydrogen-bond donors (Lipinski definition) is 0. The SMILES string of the molecule is CSc1ccc(Oc2cc(Br)ncn2)cc1. The Kier molecular flexibility index (Phi) is 3.79. The zero-order valence-electron chi connectivity index (χ0n) is 8.55. The molecule has 0 amide bonds. The van der Waals surface area contributed by atoms with Crippen LogP contribution < -0.4 is 4.74 Å². The molecule has 0 unspecified atom stereocenters. The number of thioether (sulfide) groups is 1. The van der Waals surface area contributed by atoms with Crippen LogP contribution in [0.25, 0.3) is 0 Å². The van der Waals surface area contributed by atoms with Crippen molar-refractivity contribution in [1.29, 1.82) is 0 Å². The number of nitrogens with zero attached hydrogens (tertiary/aromatic N) is 2. The number of hydrogen-bond acceptors (Lipinski definition) is 4. The molecule has 1 aromatic carbocycles. The van der Waals surface area contributed by atoms with Gasteiger partial charge in [0.25, 0.3) is 0 Å². The van der Waals surface area contributed by atoms with Crippen molar-refractivity contribution in [2.24, 2.45) is 0 Å². The number of ether oxygens (including phenoxy) is 1. The summed E-state index contributed by atoms with van der Waals surface area (Å²) in [7, 11) is 0. The summed E-state index contributed by atoms with van der Waals surface area (Å²) in [4.78, 5) is 9.14. The van der Waals surface area contributed by atoms with Crippen LogP contribution in [0.4, 0.5) is 0 Å². The molecule has 2 aromatic rings. The summed E-state index contributed by atoms with van der Waals surface area (Å²) >= 11 is 4.96. The van der Waals surface area contributed by atoms with Gasteiger partial charge in [-0.3, -0.25) is 0 Å². The Labute approximate surface area is 106 Å². The first kappa shape index (κ1) is 11.4. The molecule has 16 heavy (non-hydrogen) atoms. The summed E-state index contributed by atoms with van der Waals surface area (Å²) in [5, 5.41) is 0. The first-order valence-electron chi connectivity index (χ1n) is 4.57. The molecule has 0 aliphatic heterocycles. The van der Waals surface area contributed by atoms with Gasteiger partial charge in [-0.05, 0) is 46.5 Å². The number of rotatable bonds is 3. The van der Waals surface area contributed by atoms with Gasteiger partial charge in [0.2, 0.25) is 5.88 Å². The highest BCUT2D eigenvalue weighted by molar-refractivity contribution is 9.10. The van der Waals surface area contributed by atoms with Gasteiger partial charge in [0.05, 0.1) is 0 Å². The third-order valence-electron chi connectivity index (χ3n) is 1.89. The average Bonchev–Trinajstić information content (AvgIpc) is 2.30. The topological polar surface area (TPSA) is 35.0 Å². The second-order valence-corrected chi connectivity index (χ2v) is 4.65. The molecule has 0 radical (unpaired) electrons. The molecule has 0 spiro atoms. The first-order valence-corrected chi connectivity index (χ1v) is 6.59. The summed E-state index contributed by atoms with van der Waals surface area (Å²) < 4.78 is 6.27. The van der Waals surface area contributed by atoms with Crippen LogP contribution in [0, 0.1) is 0 Å². The molecule has 2 rings (SSSR count). The van der Waals surface area contributed by atoms with Crippen molar-refractivity contribution in [2.75, 3.05) is 6.26 Å². The highest BCUT2D eigenvalue weighted by Crippen LogP contribution is 2.23. The standard InChI is InChI=1S/C11H9BrN2OS/c1-16-9-4-2-8(3-5-9)15-11-6-10(12)13-7-14-11/h2-7H,1H3. The van der Waals surface area contributed by atoms with E-state index in [1.165, 1.54) is 11.2 Å². The maximum atomic E-state index is 5.57. The summed E-state index contributed by atoms with van der Waals surface area (Å²) in [5.41, 5.74) is 0. The van der Waals surface area contributed by atoms with Crippen molar-refractivity contribution in [3.05, 3.63) is 41.3 Å².